The van der Waals surface area contributed by atoms with E-state index in [0.29, 0.717) is 0 Å². The summed E-state index contributed by atoms with van der Waals surface area (Å²) in [6, 6.07) is 0. The van der Waals surface area contributed by atoms with Gasteiger partial charge in [-0.15, -0.1) is 0 Å². The average Bonchev–Trinajstić information content (AvgIpc) is 2.41. The highest BCUT2D eigenvalue weighted by Crippen LogP contribution is 2.26. The lowest BCUT2D eigenvalue weighted by Gasteiger charge is -2.28. The van der Waals surface area contributed by atoms with Crippen LogP contribution >= 0.6 is 0 Å². The molecule has 0 N–H and O–H groups in total. The zero-order valence-electron chi connectivity index (χ0n) is 7.87. The maximum Gasteiger partial charge on any atom is 0.0879 e. The Morgan fingerprint density at radius 2 is 2.08 bits per heavy atom. The maximum atomic E-state index is 5.73. The molecule has 0 radical (unpaired) electrons. The lowest BCUT2D eigenvalue weighted by atomic mass is 9.94. The van der Waals surface area contributed by atoms with Crippen molar-refractivity contribution in [3.63, 3.8) is 0 Å². The van der Waals surface area contributed by atoms with Gasteiger partial charge in [-0.1, -0.05) is 18.7 Å². The van der Waals surface area contributed by atoms with E-state index in [4.69, 9.17) is 9.47 Å². The van der Waals surface area contributed by atoms with Gasteiger partial charge in [0.15, 0.2) is 0 Å². The number of hydrogen-bond acceptors (Lipinski definition) is 2. The molecule has 1 aliphatic heterocycles. The summed E-state index contributed by atoms with van der Waals surface area (Å²) in [7, 11) is 0. The average molecular weight is 180 g/mol. The standard InChI is InChI=1S/C11H16O2/c1-2-9-4-5-10-11(8-9)13-7-3-6-12-10/h2,4,10-11H,1,3,5-8H2. The summed E-state index contributed by atoms with van der Waals surface area (Å²) in [6.45, 7) is 5.47. The summed E-state index contributed by atoms with van der Waals surface area (Å²) >= 11 is 0. The van der Waals surface area contributed by atoms with E-state index >= 15 is 0 Å². The van der Waals surface area contributed by atoms with Crippen LogP contribution in [0, 0.1) is 0 Å². The topological polar surface area (TPSA) is 18.5 Å². The molecule has 0 bridgehead atoms. The van der Waals surface area contributed by atoms with Crippen LogP contribution in [0.3, 0.4) is 0 Å². The van der Waals surface area contributed by atoms with Crippen LogP contribution in [0.15, 0.2) is 24.3 Å². The van der Waals surface area contributed by atoms with Crippen molar-refractivity contribution in [1.82, 2.24) is 0 Å². The first kappa shape index (κ1) is 8.97. The quantitative estimate of drug-likeness (QED) is 0.615. The monoisotopic (exact) mass is 180 g/mol. The van der Waals surface area contributed by atoms with Crippen LogP contribution in [0.1, 0.15) is 19.3 Å². The Hall–Kier alpha value is -0.600. The van der Waals surface area contributed by atoms with E-state index in [-0.39, 0.29) is 12.2 Å². The molecule has 0 aromatic rings. The van der Waals surface area contributed by atoms with Crippen LogP contribution in [-0.2, 0) is 9.47 Å². The molecule has 1 saturated heterocycles. The molecule has 13 heavy (non-hydrogen) atoms. The minimum absolute atomic E-state index is 0.264. The van der Waals surface area contributed by atoms with Crippen molar-refractivity contribution in [3.05, 3.63) is 24.3 Å². The highest BCUT2D eigenvalue weighted by molar-refractivity contribution is 5.20. The highest BCUT2D eigenvalue weighted by atomic mass is 16.5. The molecule has 2 unspecified atom stereocenters. The van der Waals surface area contributed by atoms with Crippen molar-refractivity contribution < 1.29 is 9.47 Å². The molecular formula is C11H16O2. The fourth-order valence-electron chi connectivity index (χ4n) is 1.90. The first-order valence-corrected chi connectivity index (χ1v) is 4.95. The molecule has 2 nitrogen and oxygen atoms in total. The first-order chi connectivity index (χ1) is 6.40. The minimum Gasteiger partial charge on any atom is -0.375 e. The van der Waals surface area contributed by atoms with Crippen LogP contribution in [0.5, 0.6) is 0 Å². The van der Waals surface area contributed by atoms with Crippen LogP contribution in [0.2, 0.25) is 0 Å². The van der Waals surface area contributed by atoms with E-state index in [2.05, 4.69) is 12.7 Å². The van der Waals surface area contributed by atoms with Crippen molar-refractivity contribution in [2.45, 2.75) is 31.5 Å². The molecule has 0 aromatic heterocycles. The van der Waals surface area contributed by atoms with Gasteiger partial charge in [-0.2, -0.15) is 0 Å². The third-order valence-electron chi connectivity index (χ3n) is 2.68. The highest BCUT2D eigenvalue weighted by Gasteiger charge is 2.27. The zero-order valence-corrected chi connectivity index (χ0v) is 7.87. The van der Waals surface area contributed by atoms with Crippen LogP contribution in [-0.4, -0.2) is 25.4 Å². The Balaban J connectivity index is 2.04. The van der Waals surface area contributed by atoms with Gasteiger partial charge in [0.25, 0.3) is 0 Å². The lowest BCUT2D eigenvalue weighted by Crippen LogP contribution is -2.32. The predicted octanol–water partition coefficient (Wildman–Crippen LogP) is 2.07. The molecule has 1 heterocycles. The Labute approximate surface area is 79.2 Å². The molecule has 72 valence electrons. The van der Waals surface area contributed by atoms with Crippen molar-refractivity contribution >= 4 is 0 Å². The van der Waals surface area contributed by atoms with Crippen molar-refractivity contribution in [1.29, 1.82) is 0 Å². The predicted molar refractivity (Wildman–Crippen MR) is 51.6 cm³/mol. The summed E-state index contributed by atoms with van der Waals surface area (Å²) < 4.78 is 11.4. The molecule has 2 rings (SSSR count). The van der Waals surface area contributed by atoms with Gasteiger partial charge >= 0.3 is 0 Å². The lowest BCUT2D eigenvalue weighted by molar-refractivity contribution is -0.0370. The fraction of sp³-hybridized carbons (Fsp3) is 0.636. The smallest absolute Gasteiger partial charge is 0.0879 e. The second-order valence-electron chi connectivity index (χ2n) is 3.60. The van der Waals surface area contributed by atoms with Crippen LogP contribution in [0.4, 0.5) is 0 Å². The molecule has 2 aliphatic rings. The molecule has 1 aliphatic carbocycles. The molecular weight excluding hydrogens is 164 g/mol. The third-order valence-corrected chi connectivity index (χ3v) is 2.68. The Morgan fingerprint density at radius 1 is 1.31 bits per heavy atom. The Bertz CT molecular complexity index is 220. The normalized spacial score (nSPS) is 34.3. The van der Waals surface area contributed by atoms with Crippen molar-refractivity contribution in [3.8, 4) is 0 Å². The Morgan fingerprint density at radius 3 is 2.85 bits per heavy atom. The number of allylic oxidation sites excluding steroid dienone is 1. The molecule has 0 amide bonds. The Kier molecular flexibility index (Phi) is 2.81. The van der Waals surface area contributed by atoms with E-state index in [1.54, 1.807) is 0 Å². The van der Waals surface area contributed by atoms with Crippen LogP contribution < -0.4 is 0 Å². The van der Waals surface area contributed by atoms with Gasteiger partial charge in [-0.3, -0.25) is 0 Å². The largest absolute Gasteiger partial charge is 0.375 e. The molecule has 0 aromatic carbocycles. The van der Waals surface area contributed by atoms with Gasteiger partial charge in [0.1, 0.15) is 0 Å². The van der Waals surface area contributed by atoms with Gasteiger partial charge in [0, 0.05) is 19.6 Å². The van der Waals surface area contributed by atoms with Crippen molar-refractivity contribution in [2.75, 3.05) is 13.2 Å². The van der Waals surface area contributed by atoms with Gasteiger partial charge in [-0.25, -0.2) is 0 Å². The van der Waals surface area contributed by atoms with Crippen LogP contribution in [0.25, 0.3) is 0 Å². The first-order valence-electron chi connectivity index (χ1n) is 4.95. The van der Waals surface area contributed by atoms with Gasteiger partial charge in [0.2, 0.25) is 0 Å². The molecule has 1 fully saturated rings. The van der Waals surface area contributed by atoms with Gasteiger partial charge in [-0.05, 0) is 18.4 Å². The SMILES string of the molecule is C=CC1=CCC2OCCCOC2C1. The second kappa shape index (κ2) is 4.07. The maximum absolute atomic E-state index is 5.73. The van der Waals surface area contributed by atoms with Crippen molar-refractivity contribution in [2.24, 2.45) is 0 Å². The molecule has 2 atom stereocenters. The zero-order chi connectivity index (χ0) is 9.10. The van der Waals surface area contributed by atoms with E-state index in [1.165, 1.54) is 5.57 Å². The number of hydrogen-bond donors (Lipinski definition) is 0. The summed E-state index contributed by atoms with van der Waals surface area (Å²) in [4.78, 5) is 0. The summed E-state index contributed by atoms with van der Waals surface area (Å²) in [5.41, 5.74) is 1.30. The van der Waals surface area contributed by atoms with E-state index in [0.717, 1.165) is 32.5 Å². The number of fused-ring (bicyclic) bond motifs is 1. The number of rotatable bonds is 1. The van der Waals surface area contributed by atoms with E-state index in [1.807, 2.05) is 6.08 Å². The molecule has 0 saturated carbocycles. The number of ether oxygens (including phenoxy) is 2. The van der Waals surface area contributed by atoms with Gasteiger partial charge < -0.3 is 9.47 Å². The second-order valence-corrected chi connectivity index (χ2v) is 3.60. The van der Waals surface area contributed by atoms with Gasteiger partial charge in [0.05, 0.1) is 12.2 Å². The third kappa shape index (κ3) is 2.01. The molecule has 2 heteroatoms. The van der Waals surface area contributed by atoms with E-state index in [9.17, 15) is 0 Å². The molecule has 0 spiro atoms. The summed E-state index contributed by atoms with van der Waals surface area (Å²) in [5.74, 6) is 0. The van der Waals surface area contributed by atoms with E-state index < -0.39 is 0 Å². The summed E-state index contributed by atoms with van der Waals surface area (Å²) in [6.07, 6.45) is 7.65. The minimum atomic E-state index is 0.264. The fourth-order valence-corrected chi connectivity index (χ4v) is 1.90. The summed E-state index contributed by atoms with van der Waals surface area (Å²) in [5, 5.41) is 0.